The summed E-state index contributed by atoms with van der Waals surface area (Å²) in [6.07, 6.45) is 23.6. The second-order valence-corrected chi connectivity index (χ2v) is 18.9. The smallest absolute Gasteiger partial charge is 0.159 e. The van der Waals surface area contributed by atoms with E-state index in [1.54, 1.807) is 0 Å². The van der Waals surface area contributed by atoms with Gasteiger partial charge < -0.3 is 9.47 Å². The Morgan fingerprint density at radius 2 is 0.862 bits per heavy atom. The summed E-state index contributed by atoms with van der Waals surface area (Å²) in [5.74, 6) is 4.45. The highest BCUT2D eigenvalue weighted by molar-refractivity contribution is 5.86. The Morgan fingerprint density at radius 1 is 0.492 bits per heavy atom. The molecule has 0 bridgehead atoms. The van der Waals surface area contributed by atoms with Gasteiger partial charge in [-0.3, -0.25) is 0 Å². The van der Waals surface area contributed by atoms with Crippen LogP contribution in [0.25, 0.3) is 56.2 Å². The van der Waals surface area contributed by atoms with Gasteiger partial charge in [0.2, 0.25) is 0 Å². The summed E-state index contributed by atoms with van der Waals surface area (Å²) in [5.41, 5.74) is 14.4. The maximum Gasteiger partial charge on any atom is 0.159 e. The molecule has 0 saturated heterocycles. The van der Waals surface area contributed by atoms with E-state index in [-0.39, 0.29) is 5.41 Å². The van der Waals surface area contributed by atoms with E-state index >= 15 is 0 Å². The first kappa shape index (κ1) is 47.1. The lowest BCUT2D eigenvalue weighted by atomic mass is 9.71. The van der Waals surface area contributed by atoms with E-state index in [4.69, 9.17) is 29.4 Å². The third-order valence-electron chi connectivity index (χ3n) is 13.1. The number of allylic oxidation sites excluding steroid dienone is 4. The van der Waals surface area contributed by atoms with Gasteiger partial charge in [-0.2, -0.15) is 0 Å². The predicted molar refractivity (Wildman–Crippen MR) is 271 cm³/mol. The molecule has 2 atom stereocenters. The minimum Gasteiger partial charge on any atom is -0.494 e. The Bertz CT molecular complexity index is 2330. The maximum atomic E-state index is 6.09. The summed E-state index contributed by atoms with van der Waals surface area (Å²) in [5, 5.41) is 0. The lowest BCUT2D eigenvalue weighted by Gasteiger charge is -2.32. The molecular formula is C59H70N4O2. The quantitative estimate of drug-likeness (QED) is 0.0633. The summed E-state index contributed by atoms with van der Waals surface area (Å²) in [7, 11) is 0. The van der Waals surface area contributed by atoms with E-state index in [0.717, 1.165) is 109 Å². The molecule has 0 spiro atoms. The molecule has 6 aromatic rings. The van der Waals surface area contributed by atoms with Crippen LogP contribution in [-0.4, -0.2) is 33.1 Å². The summed E-state index contributed by atoms with van der Waals surface area (Å²) < 4.78 is 12.2. The second-order valence-electron chi connectivity index (χ2n) is 18.9. The van der Waals surface area contributed by atoms with Crippen molar-refractivity contribution in [2.45, 2.75) is 125 Å². The van der Waals surface area contributed by atoms with Gasteiger partial charge in [0.25, 0.3) is 0 Å². The number of fused-ring (bicyclic) bond motifs is 3. The average Bonchev–Trinajstić information content (AvgIpc) is 3.57. The monoisotopic (exact) mass is 867 g/mol. The summed E-state index contributed by atoms with van der Waals surface area (Å²) in [4.78, 5) is 19.4. The van der Waals surface area contributed by atoms with Crippen molar-refractivity contribution < 1.29 is 9.47 Å². The molecule has 1 aliphatic rings. The maximum absolute atomic E-state index is 6.09. The summed E-state index contributed by atoms with van der Waals surface area (Å²) in [6.45, 7) is 19.3. The summed E-state index contributed by atoms with van der Waals surface area (Å²) in [6, 6.07) is 30.3. The molecule has 0 amide bonds. The van der Waals surface area contributed by atoms with Gasteiger partial charge in [-0.1, -0.05) is 88.1 Å². The van der Waals surface area contributed by atoms with E-state index < -0.39 is 0 Å². The molecule has 0 N–H and O–H groups in total. The van der Waals surface area contributed by atoms with Crippen molar-refractivity contribution in [1.29, 1.82) is 0 Å². The van der Waals surface area contributed by atoms with Gasteiger partial charge in [-0.25, -0.2) is 19.9 Å². The van der Waals surface area contributed by atoms with Gasteiger partial charge in [0.15, 0.2) is 11.6 Å². The molecule has 2 heterocycles. The fourth-order valence-electron chi connectivity index (χ4n) is 9.38. The van der Waals surface area contributed by atoms with E-state index in [9.17, 15) is 0 Å². The van der Waals surface area contributed by atoms with Gasteiger partial charge in [-0.05, 0) is 185 Å². The molecule has 0 radical (unpaired) electrons. The van der Waals surface area contributed by atoms with E-state index in [1.807, 2.05) is 49.1 Å². The zero-order valence-corrected chi connectivity index (χ0v) is 40.3. The molecule has 0 unspecified atom stereocenters. The van der Waals surface area contributed by atoms with Crippen molar-refractivity contribution >= 4 is 0 Å². The standard InChI is InChI=1S/C59H70N4O2/c1-9-31-59(32-10-2)55-35-47(49-37-60-57(61-38-49)45-17-23-51(24-18-45)64-33-29-43(7)15-11-13-41(3)4)21-27-53(55)54-28-22-48(36-56(54)59)50-39-62-58(63-40-50)46-19-25-52(26-20-46)65-34-30-44(8)16-12-14-42(5)6/h13-14,17-28,35-40,43-44H,9-12,15-16,29-34H2,1-8H3/t43-,44-/m0/s1. The predicted octanol–water partition coefficient (Wildman–Crippen LogP) is 16.1. The van der Waals surface area contributed by atoms with Crippen molar-refractivity contribution in [2.24, 2.45) is 11.8 Å². The van der Waals surface area contributed by atoms with Crippen LogP contribution < -0.4 is 9.47 Å². The molecule has 65 heavy (non-hydrogen) atoms. The van der Waals surface area contributed by atoms with Crippen LogP contribution in [0.15, 0.2) is 133 Å². The molecule has 0 fully saturated rings. The number of nitrogens with zero attached hydrogens (tertiary/aromatic N) is 4. The van der Waals surface area contributed by atoms with Crippen LogP contribution in [0.5, 0.6) is 11.5 Å². The van der Waals surface area contributed by atoms with E-state index in [0.29, 0.717) is 23.5 Å². The van der Waals surface area contributed by atoms with E-state index in [2.05, 4.69) is 128 Å². The molecule has 0 saturated carbocycles. The zero-order chi connectivity index (χ0) is 45.8. The Labute approximate surface area is 389 Å². The van der Waals surface area contributed by atoms with Crippen LogP contribution in [-0.2, 0) is 5.41 Å². The van der Waals surface area contributed by atoms with Gasteiger partial charge in [-0.15, -0.1) is 0 Å². The lowest BCUT2D eigenvalue weighted by molar-refractivity contribution is 0.279. The Morgan fingerprint density at radius 3 is 1.22 bits per heavy atom. The average molecular weight is 867 g/mol. The van der Waals surface area contributed by atoms with Crippen LogP contribution in [0.3, 0.4) is 0 Å². The van der Waals surface area contributed by atoms with Crippen LogP contribution >= 0.6 is 0 Å². The first-order valence-electron chi connectivity index (χ1n) is 24.2. The number of aromatic nitrogens is 4. The number of rotatable bonds is 22. The fourth-order valence-corrected chi connectivity index (χ4v) is 9.38. The third-order valence-corrected chi connectivity index (χ3v) is 13.1. The molecule has 7 rings (SSSR count). The molecule has 4 aromatic carbocycles. The zero-order valence-electron chi connectivity index (χ0n) is 40.3. The summed E-state index contributed by atoms with van der Waals surface area (Å²) >= 11 is 0. The molecular weight excluding hydrogens is 797 g/mol. The van der Waals surface area contributed by atoms with Crippen molar-refractivity contribution in [1.82, 2.24) is 19.9 Å². The van der Waals surface area contributed by atoms with Crippen LogP contribution in [0, 0.1) is 11.8 Å². The van der Waals surface area contributed by atoms with Gasteiger partial charge >= 0.3 is 0 Å². The number of hydrogen-bond acceptors (Lipinski definition) is 6. The number of hydrogen-bond donors (Lipinski definition) is 0. The van der Waals surface area contributed by atoms with Crippen LogP contribution in [0.2, 0.25) is 0 Å². The van der Waals surface area contributed by atoms with E-state index in [1.165, 1.54) is 46.2 Å². The minimum atomic E-state index is -0.0947. The molecule has 6 heteroatoms. The SMILES string of the molecule is CCCC1(CCC)c2cc(-c3cnc(-c4ccc(OCC[C@@H](C)CCC=C(C)C)cc4)nc3)ccc2-c2ccc(-c3cnc(-c4ccc(OCC[C@@H](C)CCC=C(C)C)cc4)nc3)cc21. The van der Waals surface area contributed by atoms with Crippen LogP contribution in [0.4, 0.5) is 0 Å². The van der Waals surface area contributed by atoms with Gasteiger partial charge in [0.05, 0.1) is 13.2 Å². The highest BCUT2D eigenvalue weighted by Crippen LogP contribution is 2.55. The first-order chi connectivity index (χ1) is 31.6. The van der Waals surface area contributed by atoms with Gasteiger partial charge in [0.1, 0.15) is 11.5 Å². The Hall–Kier alpha value is -5.88. The lowest BCUT2D eigenvalue weighted by Crippen LogP contribution is -2.25. The highest BCUT2D eigenvalue weighted by atomic mass is 16.5. The molecule has 0 aliphatic heterocycles. The van der Waals surface area contributed by atoms with Crippen molar-refractivity contribution in [3.63, 3.8) is 0 Å². The number of benzene rings is 4. The highest BCUT2D eigenvalue weighted by Gasteiger charge is 2.42. The molecule has 338 valence electrons. The molecule has 1 aliphatic carbocycles. The number of ether oxygens (including phenoxy) is 2. The third kappa shape index (κ3) is 11.9. The van der Waals surface area contributed by atoms with Crippen LogP contribution in [0.1, 0.15) is 131 Å². The Kier molecular flexibility index (Phi) is 16.2. The largest absolute Gasteiger partial charge is 0.494 e. The topological polar surface area (TPSA) is 70.0 Å². The minimum absolute atomic E-state index is 0.0947. The fraction of sp³-hybridized carbons (Fsp3) is 0.390. The first-order valence-corrected chi connectivity index (χ1v) is 24.2. The van der Waals surface area contributed by atoms with Crippen molar-refractivity contribution in [3.8, 4) is 67.7 Å². The Balaban J connectivity index is 1.02. The van der Waals surface area contributed by atoms with Crippen molar-refractivity contribution in [2.75, 3.05) is 13.2 Å². The molecule has 6 nitrogen and oxygen atoms in total. The normalized spacial score (nSPS) is 13.4. The second kappa shape index (κ2) is 22.3. The molecule has 2 aromatic heterocycles. The van der Waals surface area contributed by atoms with Gasteiger partial charge in [0, 0.05) is 52.5 Å². The van der Waals surface area contributed by atoms with Crippen molar-refractivity contribution in [3.05, 3.63) is 144 Å².